The largest absolute Gasteiger partial charge is 0.270 e. The van der Waals surface area contributed by atoms with E-state index in [9.17, 15) is 0 Å². The van der Waals surface area contributed by atoms with Gasteiger partial charge in [-0.25, -0.2) is 5.43 Å². The molecule has 6 nitrogen and oxygen atoms in total. The lowest BCUT2D eigenvalue weighted by molar-refractivity contribution is 0.465. The molecule has 0 saturated carbocycles. The van der Waals surface area contributed by atoms with Crippen molar-refractivity contribution >= 4 is 11.6 Å². The second-order valence-corrected chi connectivity index (χ2v) is 5.26. The molecular formula is C12H19ClN6. The zero-order valence-corrected chi connectivity index (χ0v) is 12.3. The molecule has 1 unspecified atom stereocenters. The van der Waals surface area contributed by atoms with Crippen molar-refractivity contribution in [1.82, 2.24) is 25.0 Å². The molecule has 0 fully saturated rings. The van der Waals surface area contributed by atoms with E-state index in [1.54, 1.807) is 10.9 Å². The van der Waals surface area contributed by atoms with Crippen LogP contribution in [0.4, 0.5) is 0 Å². The second kappa shape index (κ2) is 5.32. The number of hydrogen-bond donors (Lipinski definition) is 2. The maximum atomic E-state index is 6.26. The Kier molecular flexibility index (Phi) is 3.93. The van der Waals surface area contributed by atoms with E-state index in [4.69, 9.17) is 17.4 Å². The van der Waals surface area contributed by atoms with E-state index in [0.717, 1.165) is 17.1 Å². The highest BCUT2D eigenvalue weighted by molar-refractivity contribution is 6.31. The van der Waals surface area contributed by atoms with Gasteiger partial charge in [0.05, 0.1) is 28.3 Å². The molecule has 0 radical (unpaired) electrons. The summed E-state index contributed by atoms with van der Waals surface area (Å²) in [5, 5.41) is 9.24. The smallest absolute Gasteiger partial charge is 0.106 e. The summed E-state index contributed by atoms with van der Waals surface area (Å²) in [5.74, 6) is 5.72. The summed E-state index contributed by atoms with van der Waals surface area (Å²) in [7, 11) is 1.89. The van der Waals surface area contributed by atoms with Crippen molar-refractivity contribution in [3.8, 4) is 0 Å². The molecule has 2 heterocycles. The minimum absolute atomic E-state index is 0.202. The molecule has 19 heavy (non-hydrogen) atoms. The van der Waals surface area contributed by atoms with Crippen LogP contribution < -0.4 is 11.3 Å². The van der Waals surface area contributed by atoms with Crippen molar-refractivity contribution in [2.75, 3.05) is 0 Å². The summed E-state index contributed by atoms with van der Waals surface area (Å²) in [6.07, 6.45) is 1.64. The summed E-state index contributed by atoms with van der Waals surface area (Å²) >= 11 is 6.26. The highest BCUT2D eigenvalue weighted by Gasteiger charge is 2.25. The number of aromatic nitrogens is 4. The lowest BCUT2D eigenvalue weighted by atomic mass is 10.1. The minimum Gasteiger partial charge on any atom is -0.270 e. The molecule has 2 aromatic rings. The lowest BCUT2D eigenvalue weighted by Gasteiger charge is -2.20. The number of hydrazine groups is 1. The van der Waals surface area contributed by atoms with Gasteiger partial charge in [0.15, 0.2) is 0 Å². The van der Waals surface area contributed by atoms with E-state index in [0.29, 0.717) is 5.02 Å². The summed E-state index contributed by atoms with van der Waals surface area (Å²) in [4.78, 5) is 0. The van der Waals surface area contributed by atoms with Crippen LogP contribution in [0.1, 0.15) is 43.0 Å². The van der Waals surface area contributed by atoms with Gasteiger partial charge in [0, 0.05) is 13.1 Å². The van der Waals surface area contributed by atoms with Crippen LogP contribution in [0.15, 0.2) is 12.3 Å². The van der Waals surface area contributed by atoms with Gasteiger partial charge in [0.1, 0.15) is 6.04 Å². The SMILES string of the molecule is Cc1cc(C(NN)c2c(Cl)cnn2C(C)C)n(C)n1. The zero-order valence-electron chi connectivity index (χ0n) is 11.6. The first-order valence-corrected chi connectivity index (χ1v) is 6.53. The first kappa shape index (κ1) is 14.0. The average Bonchev–Trinajstić information content (AvgIpc) is 2.85. The molecule has 0 spiro atoms. The lowest BCUT2D eigenvalue weighted by Crippen LogP contribution is -2.32. The molecule has 2 rings (SSSR count). The maximum Gasteiger partial charge on any atom is 0.106 e. The van der Waals surface area contributed by atoms with E-state index in [-0.39, 0.29) is 12.1 Å². The Labute approximate surface area is 117 Å². The molecule has 104 valence electrons. The fourth-order valence-electron chi connectivity index (χ4n) is 2.24. The van der Waals surface area contributed by atoms with Crippen LogP contribution in [-0.4, -0.2) is 19.6 Å². The summed E-state index contributed by atoms with van der Waals surface area (Å²) in [6.45, 7) is 6.04. The third-order valence-corrected chi connectivity index (χ3v) is 3.34. The third kappa shape index (κ3) is 2.51. The predicted molar refractivity (Wildman–Crippen MR) is 74.7 cm³/mol. The third-order valence-electron chi connectivity index (χ3n) is 3.05. The Hall–Kier alpha value is -1.37. The Morgan fingerprint density at radius 2 is 2.11 bits per heavy atom. The van der Waals surface area contributed by atoms with Gasteiger partial charge in [-0.3, -0.25) is 15.2 Å². The molecule has 1 atom stereocenters. The number of hydrogen-bond acceptors (Lipinski definition) is 4. The van der Waals surface area contributed by atoms with E-state index in [1.165, 1.54) is 0 Å². The minimum atomic E-state index is -0.247. The van der Waals surface area contributed by atoms with Crippen LogP contribution in [0.25, 0.3) is 0 Å². The molecule has 2 aromatic heterocycles. The quantitative estimate of drug-likeness (QED) is 0.661. The fraction of sp³-hybridized carbons (Fsp3) is 0.500. The molecule has 0 aliphatic rings. The topological polar surface area (TPSA) is 73.7 Å². The highest BCUT2D eigenvalue weighted by atomic mass is 35.5. The van der Waals surface area contributed by atoms with Gasteiger partial charge in [0.25, 0.3) is 0 Å². The van der Waals surface area contributed by atoms with Crippen LogP contribution in [-0.2, 0) is 7.05 Å². The van der Waals surface area contributed by atoms with Crippen molar-refractivity contribution in [3.05, 3.63) is 34.4 Å². The molecule has 0 aliphatic carbocycles. The normalized spacial score (nSPS) is 13.2. The monoisotopic (exact) mass is 282 g/mol. The molecule has 0 saturated heterocycles. The van der Waals surface area contributed by atoms with Gasteiger partial charge in [0.2, 0.25) is 0 Å². The maximum absolute atomic E-state index is 6.26. The Morgan fingerprint density at radius 1 is 1.42 bits per heavy atom. The molecule has 0 aromatic carbocycles. The van der Waals surface area contributed by atoms with Crippen LogP contribution in [0, 0.1) is 6.92 Å². The van der Waals surface area contributed by atoms with Crippen LogP contribution in [0.2, 0.25) is 5.02 Å². The number of aryl methyl sites for hydroxylation is 2. The van der Waals surface area contributed by atoms with E-state index >= 15 is 0 Å². The van der Waals surface area contributed by atoms with E-state index < -0.39 is 0 Å². The molecular weight excluding hydrogens is 264 g/mol. The zero-order chi connectivity index (χ0) is 14.2. The summed E-state index contributed by atoms with van der Waals surface area (Å²) in [6, 6.07) is 1.94. The summed E-state index contributed by atoms with van der Waals surface area (Å²) in [5.41, 5.74) is 5.54. The standard InChI is InChI=1S/C12H19ClN6/c1-7(2)19-12(9(13)6-15-19)11(16-14)10-5-8(3)17-18(10)4/h5-7,11,16H,14H2,1-4H3. The Bertz CT molecular complexity index is 571. The van der Waals surface area contributed by atoms with Gasteiger partial charge < -0.3 is 0 Å². The van der Waals surface area contributed by atoms with E-state index in [1.807, 2.05) is 24.7 Å². The fourth-order valence-corrected chi connectivity index (χ4v) is 2.48. The highest BCUT2D eigenvalue weighted by Crippen LogP contribution is 2.29. The Balaban J connectivity index is 2.54. The molecule has 0 amide bonds. The van der Waals surface area contributed by atoms with Gasteiger partial charge in [-0.15, -0.1) is 0 Å². The first-order valence-electron chi connectivity index (χ1n) is 6.15. The molecule has 0 bridgehead atoms. The molecule has 3 N–H and O–H groups in total. The average molecular weight is 283 g/mol. The van der Waals surface area contributed by atoms with Crippen molar-refractivity contribution in [1.29, 1.82) is 0 Å². The number of nitrogens with two attached hydrogens (primary N) is 1. The van der Waals surface area contributed by atoms with Crippen molar-refractivity contribution in [2.45, 2.75) is 32.9 Å². The molecule has 7 heteroatoms. The number of halogens is 1. The van der Waals surface area contributed by atoms with Crippen LogP contribution in [0.3, 0.4) is 0 Å². The van der Waals surface area contributed by atoms with Gasteiger partial charge in [-0.05, 0) is 26.8 Å². The van der Waals surface area contributed by atoms with Gasteiger partial charge in [-0.1, -0.05) is 11.6 Å². The van der Waals surface area contributed by atoms with Crippen molar-refractivity contribution < 1.29 is 0 Å². The van der Waals surface area contributed by atoms with Gasteiger partial charge >= 0.3 is 0 Å². The second-order valence-electron chi connectivity index (χ2n) is 4.85. The molecule has 0 aliphatic heterocycles. The van der Waals surface area contributed by atoms with E-state index in [2.05, 4.69) is 29.5 Å². The van der Waals surface area contributed by atoms with Crippen LogP contribution in [0.5, 0.6) is 0 Å². The first-order chi connectivity index (χ1) is 8.95. The number of nitrogens with zero attached hydrogens (tertiary/aromatic N) is 4. The van der Waals surface area contributed by atoms with Gasteiger partial charge in [-0.2, -0.15) is 10.2 Å². The predicted octanol–water partition coefficient (Wildman–Crippen LogP) is 1.71. The Morgan fingerprint density at radius 3 is 2.58 bits per heavy atom. The van der Waals surface area contributed by atoms with Crippen molar-refractivity contribution in [3.63, 3.8) is 0 Å². The van der Waals surface area contributed by atoms with Crippen LogP contribution >= 0.6 is 11.6 Å². The number of rotatable bonds is 4. The van der Waals surface area contributed by atoms with Crippen molar-refractivity contribution in [2.24, 2.45) is 12.9 Å². The summed E-state index contributed by atoms with van der Waals surface area (Å²) < 4.78 is 3.67. The number of nitrogens with one attached hydrogen (secondary N) is 1.